The van der Waals surface area contributed by atoms with Gasteiger partial charge in [-0.1, -0.05) is 0 Å². The molecule has 138 valence electrons. The number of carbonyl (C=O) groups excluding carboxylic acids is 2. The molecular formula is C17H22N6O3. The van der Waals surface area contributed by atoms with Crippen molar-refractivity contribution in [2.75, 3.05) is 25.0 Å². The molecule has 9 heteroatoms. The largest absolute Gasteiger partial charge is 0.456 e. The molecule has 1 amide bonds. The van der Waals surface area contributed by atoms with Crippen molar-refractivity contribution in [3.05, 3.63) is 30.4 Å². The molecule has 2 aromatic heterocycles. The second-order valence-corrected chi connectivity index (χ2v) is 6.27. The Morgan fingerprint density at radius 2 is 2.12 bits per heavy atom. The Bertz CT molecular complexity index is 782. The lowest BCUT2D eigenvalue weighted by Crippen LogP contribution is -2.40. The average molecular weight is 358 g/mol. The van der Waals surface area contributed by atoms with Gasteiger partial charge in [-0.15, -0.1) is 0 Å². The fraction of sp³-hybridized carbons (Fsp3) is 0.471. The lowest BCUT2D eigenvalue weighted by atomic mass is 9.93. The van der Waals surface area contributed by atoms with Gasteiger partial charge in [-0.2, -0.15) is 5.10 Å². The molecule has 2 aromatic rings. The second-order valence-electron chi connectivity index (χ2n) is 6.27. The molecule has 26 heavy (non-hydrogen) atoms. The van der Waals surface area contributed by atoms with Crippen LogP contribution in [0.4, 0.5) is 11.6 Å². The number of nitrogens with zero attached hydrogens (tertiary/aromatic N) is 5. The molecule has 0 spiro atoms. The Morgan fingerprint density at radius 1 is 1.35 bits per heavy atom. The average Bonchev–Trinajstić information content (AvgIpc) is 3.05. The number of piperidine rings is 1. The van der Waals surface area contributed by atoms with Crippen LogP contribution in [-0.2, 0) is 21.4 Å². The van der Waals surface area contributed by atoms with Crippen LogP contribution in [0.2, 0.25) is 0 Å². The van der Waals surface area contributed by atoms with E-state index < -0.39 is 5.97 Å². The Kier molecular flexibility index (Phi) is 5.45. The van der Waals surface area contributed by atoms with E-state index in [2.05, 4.69) is 20.4 Å². The van der Waals surface area contributed by atoms with Crippen LogP contribution in [0.1, 0.15) is 31.4 Å². The number of hydrogen-bond donors (Lipinski definition) is 1. The number of esters is 1. The summed E-state index contributed by atoms with van der Waals surface area (Å²) in [6.45, 7) is 2.36. The molecule has 0 saturated carbocycles. The minimum Gasteiger partial charge on any atom is -0.456 e. The van der Waals surface area contributed by atoms with Gasteiger partial charge in [0.1, 0.15) is 0 Å². The first-order valence-corrected chi connectivity index (χ1v) is 8.51. The zero-order valence-electron chi connectivity index (χ0n) is 14.9. The van der Waals surface area contributed by atoms with Gasteiger partial charge in [0.25, 0.3) is 5.91 Å². The molecule has 1 aliphatic rings. The Labute approximate surface area is 151 Å². The number of carbonyl (C=O) groups is 2. The van der Waals surface area contributed by atoms with E-state index in [0.717, 1.165) is 24.2 Å². The summed E-state index contributed by atoms with van der Waals surface area (Å²) >= 11 is 0. The normalized spacial score (nSPS) is 14.9. The number of nitrogens with one attached hydrogen (secondary N) is 1. The third-order valence-electron chi connectivity index (χ3n) is 4.30. The van der Waals surface area contributed by atoms with Gasteiger partial charge in [-0.25, -0.2) is 9.97 Å². The molecule has 0 radical (unpaired) electrons. The number of anilines is 2. The zero-order valence-corrected chi connectivity index (χ0v) is 14.9. The van der Waals surface area contributed by atoms with Crippen LogP contribution < -0.4 is 5.32 Å². The fourth-order valence-corrected chi connectivity index (χ4v) is 2.95. The molecule has 0 atom stereocenters. The van der Waals surface area contributed by atoms with Crippen LogP contribution in [0.15, 0.2) is 24.7 Å². The van der Waals surface area contributed by atoms with Crippen LogP contribution >= 0.6 is 0 Å². The summed E-state index contributed by atoms with van der Waals surface area (Å²) in [5, 5.41) is 7.25. The first-order valence-electron chi connectivity index (χ1n) is 8.51. The summed E-state index contributed by atoms with van der Waals surface area (Å²) in [5.74, 6) is 0.206. The van der Waals surface area contributed by atoms with E-state index >= 15 is 0 Å². The monoisotopic (exact) mass is 358 g/mol. The maximum atomic E-state index is 12.0. The lowest BCUT2D eigenvalue weighted by molar-refractivity contribution is -0.150. The SMILES string of the molecule is CC(=O)OCC(=O)N1CCC(c2ccnc(Nc3cnn(C)c3)n2)CC1. The minimum atomic E-state index is -0.442. The summed E-state index contributed by atoms with van der Waals surface area (Å²) in [5.41, 5.74) is 1.79. The molecule has 1 fully saturated rings. The van der Waals surface area contributed by atoms with E-state index in [-0.39, 0.29) is 18.4 Å². The van der Waals surface area contributed by atoms with Gasteiger partial charge in [0.15, 0.2) is 6.61 Å². The van der Waals surface area contributed by atoms with E-state index in [1.165, 1.54) is 6.92 Å². The van der Waals surface area contributed by atoms with Crippen molar-refractivity contribution >= 4 is 23.5 Å². The lowest BCUT2D eigenvalue weighted by Gasteiger charge is -2.31. The molecule has 3 rings (SSSR count). The number of hydrogen-bond acceptors (Lipinski definition) is 7. The zero-order chi connectivity index (χ0) is 18.5. The Morgan fingerprint density at radius 3 is 2.77 bits per heavy atom. The number of amides is 1. The number of aromatic nitrogens is 4. The molecule has 9 nitrogen and oxygen atoms in total. The number of rotatable bonds is 5. The van der Waals surface area contributed by atoms with Crippen molar-refractivity contribution in [1.82, 2.24) is 24.6 Å². The van der Waals surface area contributed by atoms with E-state index in [1.807, 2.05) is 19.3 Å². The number of ether oxygens (including phenoxy) is 1. The van der Waals surface area contributed by atoms with Crippen molar-refractivity contribution < 1.29 is 14.3 Å². The van der Waals surface area contributed by atoms with Crippen LogP contribution in [0.5, 0.6) is 0 Å². The summed E-state index contributed by atoms with van der Waals surface area (Å²) < 4.78 is 6.48. The number of likely N-dealkylation sites (tertiary alicyclic amines) is 1. The highest BCUT2D eigenvalue weighted by Crippen LogP contribution is 2.27. The standard InChI is InChI=1S/C17H22N6O3/c1-12(24)26-11-16(25)23-7-4-13(5-8-23)15-3-6-18-17(21-15)20-14-9-19-22(2)10-14/h3,6,9-10,13H,4-5,7-8,11H2,1-2H3,(H,18,20,21). The van der Waals surface area contributed by atoms with Gasteiger partial charge < -0.3 is 15.0 Å². The third-order valence-corrected chi connectivity index (χ3v) is 4.30. The molecule has 0 aliphatic carbocycles. The van der Waals surface area contributed by atoms with Crippen molar-refractivity contribution in [3.8, 4) is 0 Å². The predicted octanol–water partition coefficient (Wildman–Crippen LogP) is 1.22. The third kappa shape index (κ3) is 4.56. The van der Waals surface area contributed by atoms with Gasteiger partial charge in [0.05, 0.1) is 11.9 Å². The maximum absolute atomic E-state index is 12.0. The van der Waals surface area contributed by atoms with Crippen LogP contribution in [0.3, 0.4) is 0 Å². The van der Waals surface area contributed by atoms with E-state index in [1.54, 1.807) is 22.0 Å². The smallest absolute Gasteiger partial charge is 0.303 e. The fourth-order valence-electron chi connectivity index (χ4n) is 2.95. The van der Waals surface area contributed by atoms with Crippen molar-refractivity contribution in [3.63, 3.8) is 0 Å². The van der Waals surface area contributed by atoms with E-state index in [4.69, 9.17) is 4.74 Å². The quantitative estimate of drug-likeness (QED) is 0.802. The Balaban J connectivity index is 1.56. The van der Waals surface area contributed by atoms with Crippen LogP contribution in [0, 0.1) is 0 Å². The molecular weight excluding hydrogens is 336 g/mol. The molecule has 1 N–H and O–H groups in total. The summed E-state index contributed by atoms with van der Waals surface area (Å²) in [7, 11) is 1.85. The van der Waals surface area contributed by atoms with Gasteiger partial charge in [0.2, 0.25) is 5.95 Å². The van der Waals surface area contributed by atoms with Crippen LogP contribution in [-0.4, -0.2) is 56.2 Å². The maximum Gasteiger partial charge on any atom is 0.303 e. The topological polar surface area (TPSA) is 102 Å². The predicted molar refractivity (Wildman–Crippen MR) is 93.7 cm³/mol. The van der Waals surface area contributed by atoms with Gasteiger partial charge in [0, 0.05) is 51.1 Å². The first kappa shape index (κ1) is 17.8. The van der Waals surface area contributed by atoms with Crippen molar-refractivity contribution in [2.24, 2.45) is 7.05 Å². The van der Waals surface area contributed by atoms with Gasteiger partial charge in [-0.05, 0) is 18.9 Å². The highest BCUT2D eigenvalue weighted by molar-refractivity contribution is 5.80. The van der Waals surface area contributed by atoms with Gasteiger partial charge in [-0.3, -0.25) is 14.3 Å². The van der Waals surface area contributed by atoms with Gasteiger partial charge >= 0.3 is 5.97 Å². The highest BCUT2D eigenvalue weighted by Gasteiger charge is 2.25. The summed E-state index contributed by atoms with van der Waals surface area (Å²) in [6.07, 6.45) is 6.93. The summed E-state index contributed by atoms with van der Waals surface area (Å²) in [4.78, 5) is 33.4. The van der Waals surface area contributed by atoms with E-state index in [0.29, 0.717) is 19.0 Å². The molecule has 1 saturated heterocycles. The highest BCUT2D eigenvalue weighted by atomic mass is 16.5. The van der Waals surface area contributed by atoms with Crippen molar-refractivity contribution in [1.29, 1.82) is 0 Å². The van der Waals surface area contributed by atoms with Crippen molar-refractivity contribution in [2.45, 2.75) is 25.7 Å². The molecule has 1 aliphatic heterocycles. The molecule has 0 bridgehead atoms. The molecule has 3 heterocycles. The summed E-state index contributed by atoms with van der Waals surface area (Å²) in [6, 6.07) is 1.91. The number of aryl methyl sites for hydroxylation is 1. The minimum absolute atomic E-state index is 0.153. The van der Waals surface area contributed by atoms with E-state index in [9.17, 15) is 9.59 Å². The molecule has 0 unspecified atom stereocenters. The Hall–Kier alpha value is -2.97. The molecule has 0 aromatic carbocycles. The first-order chi connectivity index (χ1) is 12.5. The van der Waals surface area contributed by atoms with Crippen LogP contribution in [0.25, 0.3) is 0 Å². The second kappa shape index (κ2) is 7.94.